The van der Waals surface area contributed by atoms with Crippen LogP contribution in [-0.4, -0.2) is 44.1 Å². The molecule has 112 valence electrons. The molecule has 1 N–H and O–H groups in total. The van der Waals surface area contributed by atoms with Gasteiger partial charge in [0.2, 0.25) is 0 Å². The highest BCUT2D eigenvalue weighted by Crippen LogP contribution is 2.21. The van der Waals surface area contributed by atoms with E-state index in [9.17, 15) is 4.79 Å². The second kappa shape index (κ2) is 9.00. The van der Waals surface area contributed by atoms with Crippen molar-refractivity contribution < 1.29 is 8.98 Å². The summed E-state index contributed by atoms with van der Waals surface area (Å²) in [7, 11) is 4.05. The van der Waals surface area contributed by atoms with E-state index in [-0.39, 0.29) is 12.0 Å². The van der Waals surface area contributed by atoms with Crippen molar-refractivity contribution in [3.05, 3.63) is 29.8 Å². The Kier molecular flexibility index (Phi) is 7.65. The quantitative estimate of drug-likeness (QED) is 0.591. The van der Waals surface area contributed by atoms with E-state index in [1.807, 2.05) is 52.2 Å². The lowest BCUT2D eigenvalue weighted by Crippen LogP contribution is -2.27. The molecule has 1 amide bonds. The number of hydrogen-bond donors (Lipinski definition) is 1. The molecule has 1 aromatic rings. The summed E-state index contributed by atoms with van der Waals surface area (Å²) in [5.74, 6) is -0.0231. The highest BCUT2D eigenvalue weighted by molar-refractivity contribution is 7.94. The van der Waals surface area contributed by atoms with Gasteiger partial charge in [-0.05, 0) is 65.2 Å². The zero-order valence-corrected chi connectivity index (χ0v) is 13.5. The van der Waals surface area contributed by atoms with Gasteiger partial charge in [0, 0.05) is 29.0 Å². The molecule has 0 unspecified atom stereocenters. The smallest absolute Gasteiger partial charge is 0.251 e. The number of amides is 1. The van der Waals surface area contributed by atoms with Crippen LogP contribution in [0.2, 0.25) is 0 Å². The second-order valence-corrected chi connectivity index (χ2v) is 6.00. The highest BCUT2D eigenvalue weighted by atomic mass is 32.2. The van der Waals surface area contributed by atoms with Gasteiger partial charge in [-0.1, -0.05) is 0 Å². The van der Waals surface area contributed by atoms with Crippen LogP contribution in [0.4, 0.5) is 0 Å². The number of rotatable bonds is 8. The Hall–Kier alpha value is -1.04. The maximum Gasteiger partial charge on any atom is 0.251 e. The monoisotopic (exact) mass is 296 g/mol. The van der Waals surface area contributed by atoms with Gasteiger partial charge >= 0.3 is 0 Å². The molecule has 0 saturated carbocycles. The number of carbonyl (C=O) groups excluding carboxylic acids is 1. The van der Waals surface area contributed by atoms with E-state index in [0.29, 0.717) is 12.1 Å². The van der Waals surface area contributed by atoms with E-state index in [2.05, 4.69) is 10.2 Å². The Balaban J connectivity index is 2.37. The van der Waals surface area contributed by atoms with Crippen molar-refractivity contribution in [2.45, 2.75) is 31.3 Å². The van der Waals surface area contributed by atoms with Gasteiger partial charge in [-0.3, -0.25) is 4.79 Å². The maximum atomic E-state index is 11.9. The largest absolute Gasteiger partial charge is 0.352 e. The average molecular weight is 296 g/mol. The van der Waals surface area contributed by atoms with E-state index < -0.39 is 0 Å². The fraction of sp³-hybridized carbons (Fsp3) is 0.533. The van der Waals surface area contributed by atoms with Crippen LogP contribution in [0.5, 0.6) is 0 Å². The van der Waals surface area contributed by atoms with Gasteiger partial charge in [-0.15, -0.1) is 0 Å². The molecule has 0 heterocycles. The predicted octanol–water partition coefficient (Wildman–Crippen LogP) is 2.80. The molecular formula is C15H24N2O2S. The first-order valence-electron chi connectivity index (χ1n) is 6.85. The first kappa shape index (κ1) is 17.0. The Labute approximate surface area is 126 Å². The summed E-state index contributed by atoms with van der Waals surface area (Å²) in [4.78, 5) is 15.0. The lowest BCUT2D eigenvalue weighted by molar-refractivity contribution is 0.0952. The minimum atomic E-state index is -0.0231. The van der Waals surface area contributed by atoms with Crippen LogP contribution in [0.1, 0.15) is 30.6 Å². The Morgan fingerprint density at radius 2 is 1.95 bits per heavy atom. The number of benzene rings is 1. The van der Waals surface area contributed by atoms with Crippen LogP contribution in [0, 0.1) is 0 Å². The van der Waals surface area contributed by atoms with Crippen LogP contribution in [-0.2, 0) is 4.18 Å². The zero-order chi connectivity index (χ0) is 15.0. The summed E-state index contributed by atoms with van der Waals surface area (Å²) in [6.45, 7) is 5.65. The summed E-state index contributed by atoms with van der Waals surface area (Å²) >= 11 is 1.34. The van der Waals surface area contributed by atoms with Crippen molar-refractivity contribution in [1.82, 2.24) is 10.2 Å². The Morgan fingerprint density at radius 3 is 2.50 bits per heavy atom. The minimum Gasteiger partial charge on any atom is -0.352 e. The number of hydrogen-bond acceptors (Lipinski definition) is 4. The molecule has 0 spiro atoms. The highest BCUT2D eigenvalue weighted by Gasteiger charge is 2.05. The summed E-state index contributed by atoms with van der Waals surface area (Å²) < 4.78 is 5.44. The van der Waals surface area contributed by atoms with Crippen molar-refractivity contribution in [3.63, 3.8) is 0 Å². The predicted molar refractivity (Wildman–Crippen MR) is 84.0 cm³/mol. The Morgan fingerprint density at radius 1 is 1.30 bits per heavy atom. The number of carbonyl (C=O) groups is 1. The lowest BCUT2D eigenvalue weighted by Gasteiger charge is -2.10. The molecule has 1 aromatic carbocycles. The van der Waals surface area contributed by atoms with Crippen molar-refractivity contribution >= 4 is 17.9 Å². The number of nitrogens with one attached hydrogen (secondary N) is 1. The lowest BCUT2D eigenvalue weighted by atomic mass is 10.2. The zero-order valence-electron chi connectivity index (χ0n) is 12.7. The van der Waals surface area contributed by atoms with Gasteiger partial charge in [0.1, 0.15) is 0 Å². The molecule has 0 saturated heterocycles. The summed E-state index contributed by atoms with van der Waals surface area (Å²) in [5, 5.41) is 2.92. The molecular weight excluding hydrogens is 272 g/mol. The SMILES string of the molecule is CC(C)OSc1ccc(C(=O)NCCCN(C)C)cc1. The van der Waals surface area contributed by atoms with E-state index in [1.165, 1.54) is 12.0 Å². The third kappa shape index (κ3) is 6.93. The molecule has 0 aliphatic heterocycles. The molecule has 0 radical (unpaired) electrons. The summed E-state index contributed by atoms with van der Waals surface area (Å²) in [6, 6.07) is 7.46. The summed E-state index contributed by atoms with van der Waals surface area (Å²) in [6.07, 6.45) is 1.13. The first-order chi connectivity index (χ1) is 9.49. The van der Waals surface area contributed by atoms with Crippen LogP contribution in [0.3, 0.4) is 0 Å². The molecule has 5 heteroatoms. The van der Waals surface area contributed by atoms with Crippen molar-refractivity contribution in [3.8, 4) is 0 Å². The third-order valence-corrected chi connectivity index (χ3v) is 3.47. The molecule has 0 bridgehead atoms. The van der Waals surface area contributed by atoms with Crippen LogP contribution in [0.25, 0.3) is 0 Å². The van der Waals surface area contributed by atoms with Crippen LogP contribution < -0.4 is 5.32 Å². The van der Waals surface area contributed by atoms with E-state index in [0.717, 1.165) is 17.9 Å². The van der Waals surface area contributed by atoms with Gasteiger partial charge in [0.25, 0.3) is 5.91 Å². The van der Waals surface area contributed by atoms with E-state index in [1.54, 1.807) is 0 Å². The van der Waals surface area contributed by atoms with Crippen LogP contribution >= 0.6 is 12.0 Å². The van der Waals surface area contributed by atoms with Crippen molar-refractivity contribution in [1.29, 1.82) is 0 Å². The minimum absolute atomic E-state index is 0.0231. The molecule has 0 aromatic heterocycles. The molecule has 0 aliphatic carbocycles. The Bertz CT molecular complexity index is 405. The van der Waals surface area contributed by atoms with Gasteiger partial charge in [0.15, 0.2) is 0 Å². The van der Waals surface area contributed by atoms with Crippen LogP contribution in [0.15, 0.2) is 29.2 Å². The van der Waals surface area contributed by atoms with Crippen molar-refractivity contribution in [2.24, 2.45) is 0 Å². The molecule has 0 fully saturated rings. The molecule has 20 heavy (non-hydrogen) atoms. The van der Waals surface area contributed by atoms with E-state index in [4.69, 9.17) is 4.18 Å². The topological polar surface area (TPSA) is 41.6 Å². The standard InChI is InChI=1S/C15H24N2O2S/c1-12(2)19-20-14-8-6-13(7-9-14)15(18)16-10-5-11-17(3)4/h6-9,12H,5,10-11H2,1-4H3,(H,16,18). The first-order valence-corrected chi connectivity index (χ1v) is 7.59. The molecule has 4 nitrogen and oxygen atoms in total. The summed E-state index contributed by atoms with van der Waals surface area (Å²) in [5.41, 5.74) is 0.684. The molecule has 0 aliphatic rings. The fourth-order valence-electron chi connectivity index (χ4n) is 1.51. The van der Waals surface area contributed by atoms with Crippen molar-refractivity contribution in [2.75, 3.05) is 27.2 Å². The molecule has 0 atom stereocenters. The average Bonchev–Trinajstić information content (AvgIpc) is 2.41. The van der Waals surface area contributed by atoms with Gasteiger partial charge in [-0.2, -0.15) is 0 Å². The fourth-order valence-corrected chi connectivity index (χ4v) is 2.06. The number of nitrogens with zero attached hydrogens (tertiary/aromatic N) is 1. The van der Waals surface area contributed by atoms with Gasteiger partial charge in [0.05, 0.1) is 6.10 Å². The normalized spacial score (nSPS) is 11.1. The second-order valence-electron chi connectivity index (χ2n) is 5.17. The molecule has 1 rings (SSSR count). The van der Waals surface area contributed by atoms with E-state index >= 15 is 0 Å². The van der Waals surface area contributed by atoms with Gasteiger partial charge in [-0.25, -0.2) is 0 Å². The van der Waals surface area contributed by atoms with Gasteiger partial charge < -0.3 is 14.4 Å². The maximum absolute atomic E-state index is 11.9. The third-order valence-electron chi connectivity index (χ3n) is 2.52.